The molecule has 0 saturated carbocycles. The average molecular weight is 294 g/mol. The summed E-state index contributed by atoms with van der Waals surface area (Å²) >= 11 is 0. The van der Waals surface area contributed by atoms with Crippen LogP contribution in [0.2, 0.25) is 0 Å². The van der Waals surface area contributed by atoms with Crippen molar-refractivity contribution >= 4 is 22.5 Å². The van der Waals surface area contributed by atoms with Crippen molar-refractivity contribution in [3.05, 3.63) is 60.3 Å². The number of benzene rings is 2. The molecule has 4 heteroatoms. The second kappa shape index (κ2) is 6.35. The molecule has 112 valence electrons. The van der Waals surface area contributed by atoms with Gasteiger partial charge in [0.2, 0.25) is 5.91 Å². The van der Waals surface area contributed by atoms with Crippen LogP contribution in [0.15, 0.2) is 54.7 Å². The number of aromatic nitrogens is 1. The maximum absolute atomic E-state index is 11.9. The fourth-order valence-corrected chi connectivity index (χ4v) is 2.57. The van der Waals surface area contributed by atoms with Crippen molar-refractivity contribution < 1.29 is 9.90 Å². The zero-order chi connectivity index (χ0) is 15.4. The van der Waals surface area contributed by atoms with Crippen molar-refractivity contribution in [1.82, 2.24) is 4.98 Å². The van der Waals surface area contributed by atoms with Gasteiger partial charge < -0.3 is 15.4 Å². The number of carbonyl (C=O) groups excluding carboxylic acids is 1. The molecule has 22 heavy (non-hydrogen) atoms. The summed E-state index contributed by atoms with van der Waals surface area (Å²) in [5.41, 5.74) is 2.81. The van der Waals surface area contributed by atoms with Crippen molar-refractivity contribution in [3.63, 3.8) is 0 Å². The van der Waals surface area contributed by atoms with Crippen LogP contribution in [-0.4, -0.2) is 16.0 Å². The molecule has 0 radical (unpaired) electrons. The van der Waals surface area contributed by atoms with Gasteiger partial charge in [-0.3, -0.25) is 4.79 Å². The first-order valence-corrected chi connectivity index (χ1v) is 7.37. The zero-order valence-electron chi connectivity index (χ0n) is 12.2. The number of aromatic amines is 1. The molecule has 3 aromatic rings. The Morgan fingerprint density at radius 3 is 2.73 bits per heavy atom. The molecule has 0 aliphatic carbocycles. The number of amides is 1. The summed E-state index contributed by atoms with van der Waals surface area (Å²) < 4.78 is 0. The molecule has 0 fully saturated rings. The highest BCUT2D eigenvalue weighted by molar-refractivity contribution is 5.92. The Labute approximate surface area is 128 Å². The normalized spacial score (nSPS) is 10.7. The highest BCUT2D eigenvalue weighted by atomic mass is 16.3. The van der Waals surface area contributed by atoms with Crippen molar-refractivity contribution in [2.45, 2.75) is 19.3 Å². The predicted molar refractivity (Wildman–Crippen MR) is 88.0 cm³/mol. The molecule has 1 aromatic heterocycles. The fourth-order valence-electron chi connectivity index (χ4n) is 2.57. The Kier molecular flexibility index (Phi) is 4.10. The van der Waals surface area contributed by atoms with Crippen LogP contribution < -0.4 is 5.32 Å². The molecule has 3 N–H and O–H groups in total. The minimum absolute atomic E-state index is 0.0821. The number of hydrogen-bond donors (Lipinski definition) is 3. The predicted octanol–water partition coefficient (Wildman–Crippen LogP) is 3.83. The van der Waals surface area contributed by atoms with Crippen LogP contribution in [0.25, 0.3) is 10.9 Å². The molecule has 1 amide bonds. The molecule has 4 nitrogen and oxygen atoms in total. The number of anilines is 1. The summed E-state index contributed by atoms with van der Waals surface area (Å²) in [5.74, 6) is 0.00817. The maximum Gasteiger partial charge on any atom is 0.224 e. The second-order valence-corrected chi connectivity index (χ2v) is 5.28. The summed E-state index contributed by atoms with van der Waals surface area (Å²) in [6.45, 7) is 0. The molecular formula is C18H18N2O2. The van der Waals surface area contributed by atoms with Gasteiger partial charge in [0, 0.05) is 23.5 Å². The van der Waals surface area contributed by atoms with E-state index in [2.05, 4.69) is 16.4 Å². The van der Waals surface area contributed by atoms with E-state index in [-0.39, 0.29) is 11.7 Å². The van der Waals surface area contributed by atoms with Crippen LogP contribution >= 0.6 is 0 Å². The molecule has 0 unspecified atom stereocenters. The van der Waals surface area contributed by atoms with Crippen LogP contribution in [0.4, 0.5) is 5.69 Å². The first kappa shape index (κ1) is 14.2. The number of phenols is 1. The molecule has 2 aromatic carbocycles. The molecule has 0 bridgehead atoms. The monoisotopic (exact) mass is 294 g/mol. The third-order valence-electron chi connectivity index (χ3n) is 3.70. The van der Waals surface area contributed by atoms with E-state index in [4.69, 9.17) is 0 Å². The lowest BCUT2D eigenvalue weighted by atomic mass is 10.1. The fraction of sp³-hybridized carbons (Fsp3) is 0.167. The van der Waals surface area contributed by atoms with E-state index in [1.165, 1.54) is 10.9 Å². The van der Waals surface area contributed by atoms with Gasteiger partial charge in [0.1, 0.15) is 5.75 Å². The van der Waals surface area contributed by atoms with Crippen molar-refractivity contribution in [2.75, 3.05) is 5.32 Å². The van der Waals surface area contributed by atoms with Gasteiger partial charge in [-0.2, -0.15) is 0 Å². The summed E-state index contributed by atoms with van der Waals surface area (Å²) in [6, 6.07) is 14.9. The zero-order valence-corrected chi connectivity index (χ0v) is 12.2. The first-order valence-electron chi connectivity index (χ1n) is 7.37. The molecule has 0 aliphatic heterocycles. The number of aromatic hydroxyl groups is 1. The second-order valence-electron chi connectivity index (χ2n) is 5.28. The maximum atomic E-state index is 11.9. The molecular weight excluding hydrogens is 276 g/mol. The summed E-state index contributed by atoms with van der Waals surface area (Å²) in [7, 11) is 0. The first-order chi connectivity index (χ1) is 10.7. The van der Waals surface area contributed by atoms with E-state index in [1.807, 2.05) is 24.4 Å². The van der Waals surface area contributed by atoms with Gasteiger partial charge in [0.25, 0.3) is 0 Å². The van der Waals surface area contributed by atoms with Gasteiger partial charge in [0.05, 0.1) is 5.69 Å². The number of hydrogen-bond acceptors (Lipinski definition) is 2. The van der Waals surface area contributed by atoms with Crippen LogP contribution in [0, 0.1) is 0 Å². The SMILES string of the molecule is O=C(CCCc1c[nH]c2ccccc12)Nc1ccccc1O. The third-order valence-corrected chi connectivity index (χ3v) is 3.70. The minimum Gasteiger partial charge on any atom is -0.506 e. The van der Waals surface area contributed by atoms with Crippen LogP contribution in [0.3, 0.4) is 0 Å². The molecule has 0 atom stereocenters. The smallest absolute Gasteiger partial charge is 0.224 e. The Hall–Kier alpha value is -2.75. The van der Waals surface area contributed by atoms with E-state index >= 15 is 0 Å². The standard InChI is InChI=1S/C18H18N2O2/c21-17-10-4-3-9-16(17)20-18(22)11-5-6-13-12-19-15-8-2-1-7-14(13)15/h1-4,7-10,12,19,21H,5-6,11H2,(H,20,22). The number of fused-ring (bicyclic) bond motifs is 1. The minimum atomic E-state index is -0.0821. The van der Waals surface area contributed by atoms with E-state index in [0.717, 1.165) is 18.4 Å². The quantitative estimate of drug-likeness (QED) is 0.626. The molecule has 0 saturated heterocycles. The van der Waals surface area contributed by atoms with Crippen LogP contribution in [0.1, 0.15) is 18.4 Å². The van der Waals surface area contributed by atoms with Gasteiger partial charge in [-0.15, -0.1) is 0 Å². The Bertz CT molecular complexity index is 792. The number of rotatable bonds is 5. The summed E-state index contributed by atoms with van der Waals surface area (Å²) in [6.07, 6.45) is 4.04. The Morgan fingerprint density at radius 2 is 1.86 bits per heavy atom. The van der Waals surface area contributed by atoms with Gasteiger partial charge in [0.15, 0.2) is 0 Å². The summed E-state index contributed by atoms with van der Waals surface area (Å²) in [5, 5.41) is 13.6. The molecule has 1 heterocycles. The number of nitrogens with one attached hydrogen (secondary N) is 2. The van der Waals surface area contributed by atoms with Gasteiger partial charge in [-0.25, -0.2) is 0 Å². The van der Waals surface area contributed by atoms with Crippen LogP contribution in [0.5, 0.6) is 5.75 Å². The highest BCUT2D eigenvalue weighted by Gasteiger charge is 2.07. The van der Waals surface area contributed by atoms with Crippen LogP contribution in [-0.2, 0) is 11.2 Å². The third kappa shape index (κ3) is 3.11. The number of para-hydroxylation sites is 3. The Balaban J connectivity index is 1.55. The lowest BCUT2D eigenvalue weighted by Crippen LogP contribution is -2.11. The van der Waals surface area contributed by atoms with E-state index in [9.17, 15) is 9.90 Å². The van der Waals surface area contributed by atoms with Gasteiger partial charge in [-0.05, 0) is 36.6 Å². The van der Waals surface area contributed by atoms with Gasteiger partial charge >= 0.3 is 0 Å². The van der Waals surface area contributed by atoms with E-state index in [0.29, 0.717) is 12.1 Å². The molecule has 0 aliphatic rings. The Morgan fingerprint density at radius 1 is 1.09 bits per heavy atom. The number of carbonyl (C=O) groups is 1. The van der Waals surface area contributed by atoms with Crippen molar-refractivity contribution in [1.29, 1.82) is 0 Å². The molecule has 3 rings (SSSR count). The van der Waals surface area contributed by atoms with Crippen molar-refractivity contribution in [3.8, 4) is 5.75 Å². The summed E-state index contributed by atoms with van der Waals surface area (Å²) in [4.78, 5) is 15.2. The largest absolute Gasteiger partial charge is 0.506 e. The highest BCUT2D eigenvalue weighted by Crippen LogP contribution is 2.22. The van der Waals surface area contributed by atoms with Gasteiger partial charge in [-0.1, -0.05) is 30.3 Å². The van der Waals surface area contributed by atoms with E-state index in [1.54, 1.807) is 24.3 Å². The van der Waals surface area contributed by atoms with Crippen molar-refractivity contribution in [2.24, 2.45) is 0 Å². The average Bonchev–Trinajstić information content (AvgIpc) is 2.93. The lowest BCUT2D eigenvalue weighted by Gasteiger charge is -2.06. The van der Waals surface area contributed by atoms with E-state index < -0.39 is 0 Å². The number of H-pyrrole nitrogens is 1. The lowest BCUT2D eigenvalue weighted by molar-refractivity contribution is -0.116. The number of aryl methyl sites for hydroxylation is 1. The number of phenolic OH excluding ortho intramolecular Hbond substituents is 1. The molecule has 0 spiro atoms. The topological polar surface area (TPSA) is 65.1 Å².